The van der Waals surface area contributed by atoms with E-state index >= 15 is 0 Å². The summed E-state index contributed by atoms with van der Waals surface area (Å²) in [5.74, 6) is 0.206. The van der Waals surface area contributed by atoms with Crippen molar-refractivity contribution in [2.75, 3.05) is 5.32 Å². The lowest BCUT2D eigenvalue weighted by Gasteiger charge is -2.09. The number of amides is 1. The van der Waals surface area contributed by atoms with E-state index in [0.717, 1.165) is 18.4 Å². The molecule has 0 radical (unpaired) electrons. The lowest BCUT2D eigenvalue weighted by Crippen LogP contribution is -2.14. The van der Waals surface area contributed by atoms with Gasteiger partial charge < -0.3 is 9.73 Å². The summed E-state index contributed by atoms with van der Waals surface area (Å²) in [6.07, 6.45) is 1.88. The first-order chi connectivity index (χ1) is 9.04. The third-order valence-electron chi connectivity index (χ3n) is 3.24. The van der Waals surface area contributed by atoms with Crippen molar-refractivity contribution in [3.8, 4) is 0 Å². The van der Waals surface area contributed by atoms with Crippen LogP contribution in [0.2, 0.25) is 0 Å². The minimum atomic E-state index is -0.532. The number of aromatic amines is 1. The Bertz CT molecular complexity index is 695. The largest absolute Gasteiger partial charge is 0.418 e. The number of nitrogens with zero attached hydrogens (tertiary/aromatic N) is 1. The summed E-state index contributed by atoms with van der Waals surface area (Å²) >= 11 is 0. The average molecular weight is 261 g/mol. The molecule has 1 aliphatic rings. The van der Waals surface area contributed by atoms with Crippen molar-refractivity contribution in [3.63, 3.8) is 0 Å². The van der Waals surface area contributed by atoms with Crippen molar-refractivity contribution in [2.24, 2.45) is 5.92 Å². The van der Waals surface area contributed by atoms with Gasteiger partial charge in [-0.1, -0.05) is 13.8 Å². The van der Waals surface area contributed by atoms with Crippen molar-refractivity contribution in [3.05, 3.63) is 22.2 Å². The Morgan fingerprint density at radius 1 is 1.53 bits per heavy atom. The molecule has 0 spiro atoms. The Labute approximate surface area is 109 Å². The summed E-state index contributed by atoms with van der Waals surface area (Å²) in [6, 6.07) is 1.77. The predicted molar refractivity (Wildman–Crippen MR) is 70.1 cm³/mol. The highest BCUT2D eigenvalue weighted by molar-refractivity contribution is 5.94. The quantitative estimate of drug-likeness (QED) is 0.884. The van der Waals surface area contributed by atoms with Gasteiger partial charge in [-0.05, 0) is 24.8 Å². The highest BCUT2D eigenvalue weighted by atomic mass is 16.4. The third kappa shape index (κ3) is 2.25. The Balaban J connectivity index is 2.04. The molecular formula is C13H15N3O3. The maximum absolute atomic E-state index is 11.8. The van der Waals surface area contributed by atoms with Crippen LogP contribution < -0.4 is 11.1 Å². The fourth-order valence-electron chi connectivity index (χ4n) is 2.03. The second-order valence-electron chi connectivity index (χ2n) is 5.21. The van der Waals surface area contributed by atoms with E-state index in [1.54, 1.807) is 6.07 Å². The molecule has 2 heterocycles. The first-order valence-corrected chi connectivity index (χ1v) is 6.39. The fourth-order valence-corrected chi connectivity index (χ4v) is 2.03. The van der Waals surface area contributed by atoms with Crippen molar-refractivity contribution < 1.29 is 9.21 Å². The number of nitrogens with one attached hydrogen (secondary N) is 2. The van der Waals surface area contributed by atoms with Crippen molar-refractivity contribution in [1.82, 2.24) is 9.97 Å². The first kappa shape index (κ1) is 12.0. The van der Waals surface area contributed by atoms with Crippen molar-refractivity contribution >= 4 is 23.0 Å². The van der Waals surface area contributed by atoms with Gasteiger partial charge in [-0.3, -0.25) is 9.78 Å². The van der Waals surface area contributed by atoms with Gasteiger partial charge in [0.1, 0.15) is 5.82 Å². The van der Waals surface area contributed by atoms with Crippen LogP contribution in [0.5, 0.6) is 0 Å². The summed E-state index contributed by atoms with van der Waals surface area (Å²) in [5, 5.41) is 2.79. The van der Waals surface area contributed by atoms with Gasteiger partial charge in [0.05, 0.1) is 0 Å². The molecule has 19 heavy (non-hydrogen) atoms. The van der Waals surface area contributed by atoms with E-state index in [1.165, 1.54) is 0 Å². The third-order valence-corrected chi connectivity index (χ3v) is 3.24. The Kier molecular flexibility index (Phi) is 2.66. The summed E-state index contributed by atoms with van der Waals surface area (Å²) in [7, 11) is 0. The lowest BCUT2D eigenvalue weighted by molar-refractivity contribution is -0.117. The predicted octanol–water partition coefficient (Wildman–Crippen LogP) is 1.99. The van der Waals surface area contributed by atoms with E-state index in [9.17, 15) is 9.59 Å². The molecule has 6 heteroatoms. The minimum Gasteiger partial charge on any atom is -0.406 e. The molecule has 1 amide bonds. The van der Waals surface area contributed by atoms with Gasteiger partial charge in [0.2, 0.25) is 5.91 Å². The number of pyridine rings is 1. The molecule has 2 aromatic rings. The molecule has 6 nitrogen and oxygen atoms in total. The van der Waals surface area contributed by atoms with E-state index in [2.05, 4.69) is 15.3 Å². The van der Waals surface area contributed by atoms with E-state index in [4.69, 9.17) is 4.42 Å². The lowest BCUT2D eigenvalue weighted by atomic mass is 10.0. The van der Waals surface area contributed by atoms with Gasteiger partial charge in [-0.25, -0.2) is 9.78 Å². The molecule has 1 fully saturated rings. The number of carbonyl (C=O) groups is 1. The van der Waals surface area contributed by atoms with Crippen LogP contribution in [0.4, 0.5) is 5.82 Å². The van der Waals surface area contributed by atoms with Crippen LogP contribution in [0.15, 0.2) is 15.3 Å². The van der Waals surface area contributed by atoms with Crippen LogP contribution in [-0.4, -0.2) is 15.9 Å². The number of fused-ring (bicyclic) bond motifs is 1. The minimum absolute atomic E-state index is 0.00704. The normalized spacial score (nSPS) is 15.1. The van der Waals surface area contributed by atoms with Crippen molar-refractivity contribution in [2.45, 2.75) is 32.6 Å². The molecular weight excluding hydrogens is 246 g/mol. The summed E-state index contributed by atoms with van der Waals surface area (Å²) in [5.41, 5.74) is 1.70. The molecule has 0 aromatic carbocycles. The Hall–Kier alpha value is -2.11. The maximum atomic E-state index is 11.8. The van der Waals surface area contributed by atoms with Gasteiger partial charge in [0.25, 0.3) is 0 Å². The maximum Gasteiger partial charge on any atom is 0.418 e. The molecule has 0 saturated heterocycles. The zero-order chi connectivity index (χ0) is 13.6. The number of carbonyl (C=O) groups excluding carboxylic acids is 1. The molecule has 3 rings (SSSR count). The van der Waals surface area contributed by atoms with Crippen LogP contribution in [0.3, 0.4) is 0 Å². The number of hydrogen-bond acceptors (Lipinski definition) is 4. The van der Waals surface area contributed by atoms with Gasteiger partial charge in [-0.15, -0.1) is 0 Å². The van der Waals surface area contributed by atoms with Crippen LogP contribution >= 0.6 is 0 Å². The fraction of sp³-hybridized carbons (Fsp3) is 0.462. The Morgan fingerprint density at radius 2 is 2.26 bits per heavy atom. The van der Waals surface area contributed by atoms with Gasteiger partial charge in [-0.2, -0.15) is 0 Å². The van der Waals surface area contributed by atoms with E-state index in [0.29, 0.717) is 17.0 Å². The number of anilines is 1. The highest BCUT2D eigenvalue weighted by Gasteiger charge is 2.30. The smallest absolute Gasteiger partial charge is 0.406 e. The van der Waals surface area contributed by atoms with Gasteiger partial charge >= 0.3 is 5.76 Å². The molecule has 0 atom stereocenters. The van der Waals surface area contributed by atoms with Crippen molar-refractivity contribution in [1.29, 1.82) is 0 Å². The van der Waals surface area contributed by atoms with Crippen LogP contribution in [0.25, 0.3) is 11.2 Å². The molecule has 2 N–H and O–H groups in total. The van der Waals surface area contributed by atoms with E-state index in [1.807, 2.05) is 13.8 Å². The van der Waals surface area contributed by atoms with Crippen LogP contribution in [0.1, 0.15) is 38.2 Å². The molecule has 1 aliphatic carbocycles. The zero-order valence-corrected chi connectivity index (χ0v) is 10.8. The Morgan fingerprint density at radius 3 is 2.89 bits per heavy atom. The monoisotopic (exact) mass is 261 g/mol. The SMILES string of the molecule is CC(C)c1cc(NC(=O)C2CC2)nc2[nH]c(=O)oc12. The summed E-state index contributed by atoms with van der Waals surface area (Å²) < 4.78 is 5.09. The van der Waals surface area contributed by atoms with Gasteiger partial charge in [0.15, 0.2) is 11.2 Å². The topological polar surface area (TPSA) is 88.0 Å². The summed E-state index contributed by atoms with van der Waals surface area (Å²) in [4.78, 5) is 29.8. The second-order valence-corrected chi connectivity index (χ2v) is 5.21. The van der Waals surface area contributed by atoms with E-state index in [-0.39, 0.29) is 17.7 Å². The first-order valence-electron chi connectivity index (χ1n) is 6.39. The molecule has 100 valence electrons. The molecule has 0 aliphatic heterocycles. The van der Waals surface area contributed by atoms with Gasteiger partial charge in [0, 0.05) is 11.5 Å². The molecule has 0 unspecified atom stereocenters. The number of hydrogen-bond donors (Lipinski definition) is 2. The molecule has 1 saturated carbocycles. The van der Waals surface area contributed by atoms with Crippen LogP contribution in [-0.2, 0) is 4.79 Å². The molecule has 2 aromatic heterocycles. The average Bonchev–Trinajstić information content (AvgIpc) is 3.10. The standard InChI is InChI=1S/C13H15N3O3/c1-6(2)8-5-9(15-12(17)7-3-4-7)14-11-10(8)19-13(18)16-11/h5-7H,3-4H2,1-2H3,(H2,14,15,16,17,18). The highest BCUT2D eigenvalue weighted by Crippen LogP contribution is 2.31. The second kappa shape index (κ2) is 4.22. The van der Waals surface area contributed by atoms with E-state index < -0.39 is 5.76 Å². The zero-order valence-electron chi connectivity index (χ0n) is 10.8. The summed E-state index contributed by atoms with van der Waals surface area (Å²) in [6.45, 7) is 3.99. The number of oxazole rings is 1. The number of H-pyrrole nitrogens is 1. The molecule has 0 bridgehead atoms. The number of aromatic nitrogens is 2. The van der Waals surface area contributed by atoms with Crippen LogP contribution in [0, 0.1) is 5.92 Å². The number of rotatable bonds is 3.